The van der Waals surface area contributed by atoms with Gasteiger partial charge in [-0.1, -0.05) is 0 Å². The van der Waals surface area contributed by atoms with Crippen LogP contribution in [0.2, 0.25) is 0 Å². The minimum atomic E-state index is -3.84. The number of cyclic esters (lactones) is 2. The fraction of sp³-hybridized carbons (Fsp3) is 0.357. The van der Waals surface area contributed by atoms with E-state index in [1.807, 2.05) is 0 Å². The lowest BCUT2D eigenvalue weighted by molar-refractivity contribution is -0.286. The molecule has 9 heteroatoms. The minimum absolute atomic E-state index is 0.191. The molecule has 0 saturated carbocycles. The Kier molecular flexibility index (Phi) is 3.07. The van der Waals surface area contributed by atoms with Gasteiger partial charge in [-0.3, -0.25) is 14.4 Å². The molecule has 0 atom stereocenters. The van der Waals surface area contributed by atoms with Crippen molar-refractivity contribution in [1.29, 1.82) is 0 Å². The number of Topliss-reactive ketones (excluding diaryl/α,β-unsaturated/α-hetero) is 1. The molecule has 0 unspecified atom stereocenters. The van der Waals surface area contributed by atoms with Crippen LogP contribution in [0.4, 0.5) is 8.78 Å². The first kappa shape index (κ1) is 15.2. The number of benzene rings is 1. The molecule has 0 radical (unpaired) electrons. The molecule has 3 rings (SSSR count). The molecule has 1 aromatic carbocycles. The maximum atomic E-state index is 13.0. The van der Waals surface area contributed by atoms with Crippen molar-refractivity contribution in [2.24, 2.45) is 5.92 Å². The Bertz CT molecular complexity index is 706. The van der Waals surface area contributed by atoms with Gasteiger partial charge in [-0.2, -0.15) is 0 Å². The molecule has 0 bridgehead atoms. The van der Waals surface area contributed by atoms with Crippen LogP contribution in [0.15, 0.2) is 18.2 Å². The zero-order valence-electron chi connectivity index (χ0n) is 11.9. The molecule has 2 aliphatic rings. The third kappa shape index (κ3) is 2.69. The first-order chi connectivity index (χ1) is 10.6. The van der Waals surface area contributed by atoms with Crippen LogP contribution in [0.1, 0.15) is 24.2 Å². The van der Waals surface area contributed by atoms with Crippen LogP contribution < -0.4 is 9.47 Å². The summed E-state index contributed by atoms with van der Waals surface area (Å²) in [5, 5.41) is 0. The smallest absolute Gasteiger partial charge is 0.422 e. The fourth-order valence-corrected chi connectivity index (χ4v) is 2.20. The van der Waals surface area contributed by atoms with Crippen LogP contribution in [0.3, 0.4) is 0 Å². The molecule has 0 N–H and O–H groups in total. The third-order valence-corrected chi connectivity index (χ3v) is 3.11. The molecule has 23 heavy (non-hydrogen) atoms. The van der Waals surface area contributed by atoms with Crippen molar-refractivity contribution >= 4 is 17.7 Å². The van der Waals surface area contributed by atoms with E-state index in [0.717, 1.165) is 18.2 Å². The van der Waals surface area contributed by atoms with E-state index in [2.05, 4.69) is 9.47 Å². The van der Waals surface area contributed by atoms with E-state index in [4.69, 9.17) is 9.47 Å². The summed E-state index contributed by atoms with van der Waals surface area (Å²) in [6, 6.07) is 3.16. The number of carbonyl (C=O) groups excluding carboxylic acids is 3. The number of ketones is 1. The SMILES string of the molecule is CC1(C)OC(=O)C(C(=O)c2ccc3c(c2)OC(F)(F)O3)C(=O)O1. The van der Waals surface area contributed by atoms with Crippen LogP contribution in [-0.2, 0) is 19.1 Å². The first-order valence-electron chi connectivity index (χ1n) is 6.48. The monoisotopic (exact) mass is 328 g/mol. The van der Waals surface area contributed by atoms with Gasteiger partial charge in [-0.15, -0.1) is 8.78 Å². The molecule has 1 fully saturated rings. The lowest BCUT2D eigenvalue weighted by Crippen LogP contribution is -2.49. The van der Waals surface area contributed by atoms with Gasteiger partial charge < -0.3 is 18.9 Å². The highest BCUT2D eigenvalue weighted by molar-refractivity contribution is 6.21. The first-order valence-corrected chi connectivity index (χ1v) is 6.48. The Morgan fingerprint density at radius 2 is 1.57 bits per heavy atom. The Hall–Kier alpha value is -2.71. The lowest BCUT2D eigenvalue weighted by atomic mass is 9.96. The Labute approximate surface area is 128 Å². The predicted octanol–water partition coefficient (Wildman–Crippen LogP) is 1.64. The number of hydrogen-bond acceptors (Lipinski definition) is 7. The maximum absolute atomic E-state index is 13.0. The molecule has 2 heterocycles. The van der Waals surface area contributed by atoms with Crippen molar-refractivity contribution < 1.29 is 42.1 Å². The summed E-state index contributed by atoms with van der Waals surface area (Å²) in [6.07, 6.45) is -3.84. The molecule has 0 spiro atoms. The Balaban J connectivity index is 1.88. The van der Waals surface area contributed by atoms with E-state index in [-0.39, 0.29) is 17.1 Å². The number of alkyl halides is 2. The molecule has 122 valence electrons. The highest BCUT2D eigenvalue weighted by atomic mass is 19.3. The van der Waals surface area contributed by atoms with Crippen molar-refractivity contribution in [3.05, 3.63) is 23.8 Å². The summed E-state index contributed by atoms with van der Waals surface area (Å²) in [6.45, 7) is 2.68. The fourth-order valence-electron chi connectivity index (χ4n) is 2.20. The molecule has 1 aromatic rings. The predicted molar refractivity (Wildman–Crippen MR) is 66.7 cm³/mol. The summed E-state index contributed by atoms with van der Waals surface area (Å²) in [5.41, 5.74) is -0.191. The topological polar surface area (TPSA) is 88.1 Å². The van der Waals surface area contributed by atoms with Crippen LogP contribution in [-0.4, -0.2) is 29.8 Å². The second-order valence-electron chi connectivity index (χ2n) is 5.37. The van der Waals surface area contributed by atoms with Gasteiger partial charge in [0.1, 0.15) is 0 Å². The van der Waals surface area contributed by atoms with Crippen LogP contribution in [0, 0.1) is 5.92 Å². The van der Waals surface area contributed by atoms with E-state index in [0.29, 0.717) is 0 Å². The van der Waals surface area contributed by atoms with Crippen LogP contribution in [0.5, 0.6) is 11.5 Å². The Morgan fingerprint density at radius 1 is 1.00 bits per heavy atom. The molecule has 2 aliphatic heterocycles. The second kappa shape index (κ2) is 4.64. The summed E-state index contributed by atoms with van der Waals surface area (Å²) in [7, 11) is 0. The quantitative estimate of drug-likeness (QED) is 0.463. The van der Waals surface area contributed by atoms with Crippen molar-refractivity contribution in [1.82, 2.24) is 0 Å². The minimum Gasteiger partial charge on any atom is -0.422 e. The highest BCUT2D eigenvalue weighted by Gasteiger charge is 2.48. The summed E-state index contributed by atoms with van der Waals surface area (Å²) >= 11 is 0. The summed E-state index contributed by atoms with van der Waals surface area (Å²) in [5.74, 6) is -7.01. The number of halogens is 2. The van der Waals surface area contributed by atoms with Gasteiger partial charge in [0.25, 0.3) is 5.79 Å². The van der Waals surface area contributed by atoms with Gasteiger partial charge >= 0.3 is 18.2 Å². The van der Waals surface area contributed by atoms with E-state index in [1.165, 1.54) is 13.8 Å². The zero-order valence-corrected chi connectivity index (χ0v) is 11.9. The van der Waals surface area contributed by atoms with E-state index >= 15 is 0 Å². The van der Waals surface area contributed by atoms with E-state index < -0.39 is 35.7 Å². The molecule has 0 amide bonds. The Morgan fingerprint density at radius 3 is 2.17 bits per heavy atom. The van der Waals surface area contributed by atoms with Crippen LogP contribution >= 0.6 is 0 Å². The van der Waals surface area contributed by atoms with E-state index in [9.17, 15) is 23.2 Å². The van der Waals surface area contributed by atoms with Gasteiger partial charge in [0.2, 0.25) is 5.92 Å². The number of rotatable bonds is 2. The van der Waals surface area contributed by atoms with Gasteiger partial charge in [0.05, 0.1) is 0 Å². The number of carbonyl (C=O) groups is 3. The van der Waals surface area contributed by atoms with Gasteiger partial charge in [0, 0.05) is 19.4 Å². The molecule has 7 nitrogen and oxygen atoms in total. The standard InChI is InChI=1S/C14H10F2O7/c1-13(2)22-11(18)9(12(19)23-13)10(17)6-3-4-7-8(5-6)21-14(15,16)20-7/h3-5,9H,1-2H3. The number of hydrogen-bond donors (Lipinski definition) is 0. The van der Waals surface area contributed by atoms with Crippen LogP contribution in [0.25, 0.3) is 0 Å². The zero-order chi connectivity index (χ0) is 17.0. The average molecular weight is 328 g/mol. The van der Waals surface area contributed by atoms with Gasteiger partial charge in [-0.25, -0.2) is 0 Å². The third-order valence-electron chi connectivity index (χ3n) is 3.11. The average Bonchev–Trinajstić information content (AvgIpc) is 2.68. The van der Waals surface area contributed by atoms with Crippen molar-refractivity contribution in [3.63, 3.8) is 0 Å². The molecule has 0 aromatic heterocycles. The molecule has 0 aliphatic carbocycles. The number of ether oxygens (including phenoxy) is 4. The van der Waals surface area contributed by atoms with Crippen molar-refractivity contribution in [2.75, 3.05) is 0 Å². The summed E-state index contributed by atoms with van der Waals surface area (Å²) < 4.78 is 44.0. The second-order valence-corrected chi connectivity index (χ2v) is 5.37. The van der Waals surface area contributed by atoms with E-state index in [1.54, 1.807) is 0 Å². The number of fused-ring (bicyclic) bond motifs is 1. The van der Waals surface area contributed by atoms with Crippen molar-refractivity contribution in [2.45, 2.75) is 25.9 Å². The lowest BCUT2D eigenvalue weighted by Gasteiger charge is -2.32. The maximum Gasteiger partial charge on any atom is 0.586 e. The summed E-state index contributed by atoms with van der Waals surface area (Å²) in [4.78, 5) is 36.0. The van der Waals surface area contributed by atoms with Crippen molar-refractivity contribution in [3.8, 4) is 11.5 Å². The van der Waals surface area contributed by atoms with Gasteiger partial charge in [-0.05, 0) is 18.2 Å². The van der Waals surface area contributed by atoms with Gasteiger partial charge in [0.15, 0.2) is 17.3 Å². The molecular weight excluding hydrogens is 318 g/mol. The molecular formula is C14H10F2O7. The number of esters is 2. The largest absolute Gasteiger partial charge is 0.586 e. The highest BCUT2D eigenvalue weighted by Crippen LogP contribution is 2.41. The normalized spacial score (nSPS) is 21.6. The molecule has 1 saturated heterocycles.